The number of hydrogen-bond donors (Lipinski definition) is 0. The second-order valence-corrected chi connectivity index (χ2v) is 5.29. The van der Waals surface area contributed by atoms with Gasteiger partial charge in [0.1, 0.15) is 11.3 Å². The van der Waals surface area contributed by atoms with E-state index in [1.807, 2.05) is 29.9 Å². The van der Waals surface area contributed by atoms with E-state index in [-0.39, 0.29) is 0 Å². The molecule has 1 aliphatic heterocycles. The fraction of sp³-hybridized carbons (Fsp3) is 0.188. The van der Waals surface area contributed by atoms with Crippen LogP contribution < -0.4 is 0 Å². The van der Waals surface area contributed by atoms with Crippen molar-refractivity contribution in [1.82, 2.24) is 19.6 Å². The maximum Gasteiger partial charge on any atom is 0.115 e. The highest BCUT2D eigenvalue weighted by atomic mass is 17.3. The Morgan fingerprint density at radius 2 is 2.17 bits per heavy atom. The molecule has 0 aliphatic carbocycles. The summed E-state index contributed by atoms with van der Waals surface area (Å²) in [5.74, 6) is 0.894. The Morgan fingerprint density at radius 3 is 2.96 bits per heavy atom. The molecular weight excluding hydrogens is 294 g/mol. The molecule has 7 heteroatoms. The summed E-state index contributed by atoms with van der Waals surface area (Å²) in [4.78, 5) is 18.6. The third-order valence-electron chi connectivity index (χ3n) is 3.90. The monoisotopic (exact) mass is 307 g/mol. The van der Waals surface area contributed by atoms with E-state index >= 15 is 0 Å². The van der Waals surface area contributed by atoms with Gasteiger partial charge >= 0.3 is 0 Å². The van der Waals surface area contributed by atoms with Crippen molar-refractivity contribution in [3.8, 4) is 6.07 Å². The molecule has 0 N–H and O–H groups in total. The van der Waals surface area contributed by atoms with Gasteiger partial charge in [-0.2, -0.15) is 10.3 Å². The maximum atomic E-state index is 9.12. The van der Waals surface area contributed by atoms with Crippen LogP contribution in [0, 0.1) is 11.3 Å². The number of allylic oxidation sites excluding steroid dienone is 1. The fourth-order valence-electron chi connectivity index (χ4n) is 2.71. The molecule has 0 radical (unpaired) electrons. The number of hydroxylamine groups is 2. The SMILES string of the molecule is COON1C=C1Cc1nc2cnc3ccc(C#N)cc3c2n1C. The minimum absolute atomic E-state index is 0.610. The molecule has 114 valence electrons. The number of imidazole rings is 1. The van der Waals surface area contributed by atoms with Crippen LogP contribution in [0.1, 0.15) is 11.4 Å². The van der Waals surface area contributed by atoms with Crippen LogP contribution in [0.5, 0.6) is 0 Å². The van der Waals surface area contributed by atoms with Crippen molar-refractivity contribution in [3.63, 3.8) is 0 Å². The molecule has 0 fully saturated rings. The van der Waals surface area contributed by atoms with E-state index in [0.717, 1.165) is 33.5 Å². The number of aryl methyl sites for hydroxylation is 1. The van der Waals surface area contributed by atoms with Gasteiger partial charge in [0, 0.05) is 12.4 Å². The lowest BCUT2D eigenvalue weighted by atomic mass is 10.1. The van der Waals surface area contributed by atoms with Crippen molar-refractivity contribution in [2.75, 3.05) is 7.11 Å². The van der Waals surface area contributed by atoms with Crippen LogP contribution in [-0.2, 0) is 23.3 Å². The molecule has 1 aliphatic rings. The fourth-order valence-corrected chi connectivity index (χ4v) is 2.71. The van der Waals surface area contributed by atoms with E-state index in [1.165, 1.54) is 7.11 Å². The Hall–Kier alpha value is -2.95. The summed E-state index contributed by atoms with van der Waals surface area (Å²) in [5.41, 5.74) is 4.23. The lowest BCUT2D eigenvalue weighted by Crippen LogP contribution is -2.04. The van der Waals surface area contributed by atoms with Crippen molar-refractivity contribution < 1.29 is 9.88 Å². The highest BCUT2D eigenvalue weighted by Crippen LogP contribution is 2.29. The van der Waals surface area contributed by atoms with Crippen LogP contribution in [0.15, 0.2) is 36.3 Å². The van der Waals surface area contributed by atoms with E-state index in [9.17, 15) is 0 Å². The van der Waals surface area contributed by atoms with Crippen LogP contribution in [0.3, 0.4) is 0 Å². The number of fused-ring (bicyclic) bond motifs is 3. The van der Waals surface area contributed by atoms with Gasteiger partial charge in [0.15, 0.2) is 0 Å². The second kappa shape index (κ2) is 5.05. The molecule has 4 rings (SSSR count). The van der Waals surface area contributed by atoms with Gasteiger partial charge in [-0.1, -0.05) is 0 Å². The number of pyridine rings is 1. The molecule has 1 aromatic carbocycles. The van der Waals surface area contributed by atoms with E-state index in [4.69, 9.17) is 10.3 Å². The molecule has 23 heavy (non-hydrogen) atoms. The van der Waals surface area contributed by atoms with E-state index < -0.39 is 0 Å². The largest absolute Gasteiger partial charge is 0.330 e. The third-order valence-corrected chi connectivity index (χ3v) is 3.90. The molecule has 0 saturated heterocycles. The average Bonchev–Trinajstić information content (AvgIpc) is 3.21. The van der Waals surface area contributed by atoms with Gasteiger partial charge in [-0.25, -0.2) is 9.87 Å². The molecule has 3 aromatic rings. The summed E-state index contributed by atoms with van der Waals surface area (Å²) >= 11 is 0. The predicted molar refractivity (Wildman–Crippen MR) is 82.5 cm³/mol. The highest BCUT2D eigenvalue weighted by molar-refractivity contribution is 6.02. The summed E-state index contributed by atoms with van der Waals surface area (Å²) in [7, 11) is 3.43. The number of nitrogens with zero attached hydrogens (tertiary/aromatic N) is 5. The van der Waals surface area contributed by atoms with Gasteiger partial charge < -0.3 is 4.57 Å². The van der Waals surface area contributed by atoms with Crippen molar-refractivity contribution in [2.24, 2.45) is 7.05 Å². The van der Waals surface area contributed by atoms with E-state index in [2.05, 4.69) is 20.9 Å². The lowest BCUT2D eigenvalue weighted by molar-refractivity contribution is -0.368. The van der Waals surface area contributed by atoms with Crippen LogP contribution in [0.25, 0.3) is 21.9 Å². The normalized spacial score (nSPS) is 13.4. The van der Waals surface area contributed by atoms with Crippen molar-refractivity contribution >= 4 is 21.9 Å². The standard InChI is InChI=1S/C16H13N5O2/c1-20-15(6-11-9-21(11)23-22-2)19-14-8-18-13-4-3-10(7-17)5-12(13)16(14)20/h3-5,8-9H,6H2,1-2H3. The first-order chi connectivity index (χ1) is 11.2. The minimum Gasteiger partial charge on any atom is -0.330 e. The topological polar surface area (TPSA) is 76.0 Å². The van der Waals surface area contributed by atoms with Crippen LogP contribution >= 0.6 is 0 Å². The number of benzene rings is 1. The van der Waals surface area contributed by atoms with Gasteiger partial charge in [-0.05, 0) is 18.2 Å². The molecule has 0 saturated carbocycles. The summed E-state index contributed by atoms with van der Waals surface area (Å²) in [6, 6.07) is 7.65. The number of nitriles is 1. The highest BCUT2D eigenvalue weighted by Gasteiger charge is 2.25. The summed E-state index contributed by atoms with van der Waals surface area (Å²) in [6.07, 6.45) is 4.23. The van der Waals surface area contributed by atoms with Crippen LogP contribution in [0.4, 0.5) is 0 Å². The first kappa shape index (κ1) is 13.7. The zero-order chi connectivity index (χ0) is 16.0. The van der Waals surface area contributed by atoms with Gasteiger partial charge in [0.05, 0.1) is 54.3 Å². The number of aromatic nitrogens is 3. The zero-order valence-corrected chi connectivity index (χ0v) is 12.6. The number of rotatable bonds is 4. The minimum atomic E-state index is 0.610. The Morgan fingerprint density at radius 1 is 1.30 bits per heavy atom. The van der Waals surface area contributed by atoms with Crippen molar-refractivity contribution in [2.45, 2.75) is 6.42 Å². The average molecular weight is 307 g/mol. The van der Waals surface area contributed by atoms with E-state index in [1.54, 1.807) is 17.3 Å². The van der Waals surface area contributed by atoms with Crippen LogP contribution in [-0.4, -0.2) is 26.7 Å². The summed E-state index contributed by atoms with van der Waals surface area (Å²) < 4.78 is 2.03. The smallest absolute Gasteiger partial charge is 0.115 e. The molecule has 0 amide bonds. The molecule has 0 spiro atoms. The molecular formula is C16H13N5O2. The van der Waals surface area contributed by atoms with Gasteiger partial charge in [-0.15, -0.1) is 4.99 Å². The molecule has 2 aromatic heterocycles. The molecule has 0 unspecified atom stereocenters. The van der Waals surface area contributed by atoms with Gasteiger partial charge in [-0.3, -0.25) is 4.98 Å². The lowest BCUT2D eigenvalue weighted by Gasteiger charge is -2.05. The Bertz CT molecular complexity index is 999. The van der Waals surface area contributed by atoms with Crippen molar-refractivity contribution in [1.29, 1.82) is 5.26 Å². The molecule has 7 nitrogen and oxygen atoms in total. The molecule has 3 heterocycles. The third kappa shape index (κ3) is 2.21. The second-order valence-electron chi connectivity index (χ2n) is 5.29. The Labute approximate surface area is 131 Å². The van der Waals surface area contributed by atoms with Gasteiger partial charge in [0.2, 0.25) is 0 Å². The van der Waals surface area contributed by atoms with Crippen LogP contribution in [0.2, 0.25) is 0 Å². The van der Waals surface area contributed by atoms with Gasteiger partial charge in [0.25, 0.3) is 0 Å². The first-order valence-corrected chi connectivity index (χ1v) is 7.06. The Kier molecular flexibility index (Phi) is 3.01. The molecule has 0 bridgehead atoms. The Balaban J connectivity index is 1.80. The summed E-state index contributed by atoms with van der Waals surface area (Å²) in [5, 5.41) is 11.6. The summed E-state index contributed by atoms with van der Waals surface area (Å²) in [6.45, 7) is 0. The van der Waals surface area contributed by atoms with Crippen molar-refractivity contribution in [3.05, 3.63) is 47.7 Å². The first-order valence-electron chi connectivity index (χ1n) is 7.06. The quantitative estimate of drug-likeness (QED) is 0.543. The molecule has 0 atom stereocenters. The maximum absolute atomic E-state index is 9.12. The number of hydrogen-bond acceptors (Lipinski definition) is 6. The predicted octanol–water partition coefficient (Wildman–Crippen LogP) is 2.19. The zero-order valence-electron chi connectivity index (χ0n) is 12.6. The van der Waals surface area contributed by atoms with E-state index in [0.29, 0.717) is 12.0 Å².